The van der Waals surface area contributed by atoms with E-state index in [4.69, 9.17) is 32.7 Å². The number of halogens is 2. The maximum Gasteiger partial charge on any atom is 0.258 e. The summed E-state index contributed by atoms with van der Waals surface area (Å²) in [7, 11) is 0. The Hall–Kier alpha value is -0.970. The van der Waals surface area contributed by atoms with Gasteiger partial charge < -0.3 is 14.8 Å². The van der Waals surface area contributed by atoms with Crippen LogP contribution in [0.15, 0.2) is 18.2 Å². The van der Waals surface area contributed by atoms with E-state index < -0.39 is 0 Å². The first kappa shape index (κ1) is 14.4. The van der Waals surface area contributed by atoms with E-state index in [1.807, 2.05) is 0 Å². The molecule has 0 spiro atoms. The van der Waals surface area contributed by atoms with Gasteiger partial charge in [0.25, 0.3) is 5.91 Å². The molecule has 1 aromatic rings. The van der Waals surface area contributed by atoms with Crippen LogP contribution in [0.4, 0.5) is 0 Å². The van der Waals surface area contributed by atoms with Gasteiger partial charge in [-0.1, -0.05) is 23.2 Å². The van der Waals surface area contributed by atoms with E-state index in [1.54, 1.807) is 18.2 Å². The number of amides is 1. The first-order valence-corrected chi connectivity index (χ1v) is 6.85. The molecule has 0 saturated carbocycles. The van der Waals surface area contributed by atoms with E-state index in [-0.39, 0.29) is 18.6 Å². The molecule has 1 N–H and O–H groups in total. The number of ether oxygens (including phenoxy) is 2. The minimum atomic E-state index is -0.179. The Labute approximate surface area is 122 Å². The number of hydrogen-bond acceptors (Lipinski definition) is 3. The van der Waals surface area contributed by atoms with E-state index in [2.05, 4.69) is 5.32 Å². The van der Waals surface area contributed by atoms with Gasteiger partial charge in [-0.2, -0.15) is 0 Å². The predicted molar refractivity (Wildman–Crippen MR) is 73.9 cm³/mol. The van der Waals surface area contributed by atoms with Gasteiger partial charge in [0, 0.05) is 11.6 Å². The highest BCUT2D eigenvalue weighted by molar-refractivity contribution is 6.35. The second-order valence-corrected chi connectivity index (χ2v) is 5.19. The molecule has 1 heterocycles. The fourth-order valence-corrected chi connectivity index (χ4v) is 2.32. The van der Waals surface area contributed by atoms with Gasteiger partial charge in [0.1, 0.15) is 5.75 Å². The molecular weight excluding hydrogens is 289 g/mol. The van der Waals surface area contributed by atoms with Crippen molar-refractivity contribution in [2.75, 3.05) is 19.8 Å². The lowest BCUT2D eigenvalue weighted by Gasteiger charge is -2.23. The van der Waals surface area contributed by atoms with E-state index in [9.17, 15) is 4.79 Å². The number of nitrogens with one attached hydrogen (secondary N) is 1. The number of rotatable bonds is 4. The maximum atomic E-state index is 11.7. The van der Waals surface area contributed by atoms with Gasteiger partial charge in [0.05, 0.1) is 17.7 Å². The Morgan fingerprint density at radius 1 is 1.47 bits per heavy atom. The minimum absolute atomic E-state index is 0.0716. The summed E-state index contributed by atoms with van der Waals surface area (Å²) in [4.78, 5) is 11.7. The van der Waals surface area contributed by atoms with Crippen LogP contribution in [0.3, 0.4) is 0 Å². The average Bonchev–Trinajstić information content (AvgIpc) is 2.39. The van der Waals surface area contributed by atoms with Gasteiger partial charge in [0.2, 0.25) is 0 Å². The maximum absolute atomic E-state index is 11.7. The third-order valence-corrected chi connectivity index (χ3v) is 3.31. The van der Waals surface area contributed by atoms with Crippen LogP contribution in [0.1, 0.15) is 12.8 Å². The summed E-state index contributed by atoms with van der Waals surface area (Å²) in [5.74, 6) is 0.266. The summed E-state index contributed by atoms with van der Waals surface area (Å²) in [5.41, 5.74) is 0. The summed E-state index contributed by atoms with van der Waals surface area (Å²) < 4.78 is 10.6. The van der Waals surface area contributed by atoms with E-state index in [0.717, 1.165) is 19.4 Å². The first-order valence-electron chi connectivity index (χ1n) is 6.10. The molecule has 4 nitrogen and oxygen atoms in total. The highest BCUT2D eigenvalue weighted by atomic mass is 35.5. The van der Waals surface area contributed by atoms with Crippen LogP contribution in [0.25, 0.3) is 0 Å². The Morgan fingerprint density at radius 2 is 2.32 bits per heavy atom. The standard InChI is InChI=1S/C13H15Cl2NO3/c14-9-3-4-12(11(15)6-9)19-8-13(17)16-10-2-1-5-18-7-10/h3-4,6,10H,1-2,5,7-8H2,(H,16,17)/t10-/m0/s1. The van der Waals surface area contributed by atoms with E-state index in [0.29, 0.717) is 22.4 Å². The fraction of sp³-hybridized carbons (Fsp3) is 0.462. The molecule has 1 amide bonds. The van der Waals surface area contributed by atoms with Gasteiger partial charge in [-0.25, -0.2) is 0 Å². The number of carbonyl (C=O) groups excluding carboxylic acids is 1. The van der Waals surface area contributed by atoms with Crippen LogP contribution in [-0.2, 0) is 9.53 Å². The highest BCUT2D eigenvalue weighted by Crippen LogP contribution is 2.27. The largest absolute Gasteiger partial charge is 0.482 e. The lowest BCUT2D eigenvalue weighted by Crippen LogP contribution is -2.42. The summed E-state index contributed by atoms with van der Waals surface area (Å²) >= 11 is 11.7. The molecule has 1 aliphatic rings. The van der Waals surface area contributed by atoms with Crippen molar-refractivity contribution in [3.05, 3.63) is 28.2 Å². The second-order valence-electron chi connectivity index (χ2n) is 4.34. The number of carbonyl (C=O) groups is 1. The monoisotopic (exact) mass is 303 g/mol. The van der Waals surface area contributed by atoms with Crippen LogP contribution in [0.5, 0.6) is 5.75 Å². The first-order chi connectivity index (χ1) is 9.15. The van der Waals surface area contributed by atoms with Gasteiger partial charge >= 0.3 is 0 Å². The summed E-state index contributed by atoms with van der Waals surface area (Å²) in [6.07, 6.45) is 1.91. The zero-order valence-electron chi connectivity index (χ0n) is 10.3. The second kappa shape index (κ2) is 6.98. The Kier molecular flexibility index (Phi) is 5.31. The molecule has 1 fully saturated rings. The minimum Gasteiger partial charge on any atom is -0.482 e. The topological polar surface area (TPSA) is 47.6 Å². The van der Waals surface area contributed by atoms with E-state index in [1.165, 1.54) is 0 Å². The smallest absolute Gasteiger partial charge is 0.258 e. The highest BCUT2D eigenvalue weighted by Gasteiger charge is 2.16. The summed E-state index contributed by atoms with van der Waals surface area (Å²) in [6, 6.07) is 4.95. The van der Waals surface area contributed by atoms with Crippen molar-refractivity contribution in [1.82, 2.24) is 5.32 Å². The lowest BCUT2D eigenvalue weighted by atomic mass is 10.1. The van der Waals surface area contributed by atoms with Crippen molar-refractivity contribution in [2.45, 2.75) is 18.9 Å². The molecule has 0 aromatic heterocycles. The summed E-state index contributed by atoms with van der Waals surface area (Å²) in [6.45, 7) is 1.26. The van der Waals surface area contributed by atoms with Crippen LogP contribution >= 0.6 is 23.2 Å². The average molecular weight is 304 g/mol. The Bertz CT molecular complexity index is 448. The van der Waals surface area contributed by atoms with Gasteiger partial charge in [0.15, 0.2) is 6.61 Å². The Balaban J connectivity index is 1.79. The molecular formula is C13H15Cl2NO3. The van der Waals surface area contributed by atoms with Crippen molar-refractivity contribution in [1.29, 1.82) is 0 Å². The van der Waals surface area contributed by atoms with Crippen molar-refractivity contribution >= 4 is 29.1 Å². The van der Waals surface area contributed by atoms with Crippen LogP contribution in [-0.4, -0.2) is 31.8 Å². The molecule has 1 atom stereocenters. The van der Waals surface area contributed by atoms with Gasteiger partial charge in [-0.05, 0) is 31.0 Å². The molecule has 104 valence electrons. The molecule has 0 unspecified atom stereocenters. The van der Waals surface area contributed by atoms with Crippen LogP contribution < -0.4 is 10.1 Å². The van der Waals surface area contributed by atoms with Crippen molar-refractivity contribution < 1.29 is 14.3 Å². The third-order valence-electron chi connectivity index (χ3n) is 2.78. The SMILES string of the molecule is O=C(COc1ccc(Cl)cc1Cl)N[C@H]1CCCOC1. The van der Waals surface area contributed by atoms with Crippen molar-refractivity contribution in [3.63, 3.8) is 0 Å². The zero-order valence-corrected chi connectivity index (χ0v) is 11.8. The normalized spacial score (nSPS) is 18.9. The molecule has 0 bridgehead atoms. The Morgan fingerprint density at radius 3 is 3.00 bits per heavy atom. The molecule has 19 heavy (non-hydrogen) atoms. The number of benzene rings is 1. The van der Waals surface area contributed by atoms with Crippen LogP contribution in [0.2, 0.25) is 10.0 Å². The zero-order chi connectivity index (χ0) is 13.7. The predicted octanol–water partition coefficient (Wildman–Crippen LogP) is 2.67. The third kappa shape index (κ3) is 4.56. The molecule has 2 rings (SSSR count). The quantitative estimate of drug-likeness (QED) is 0.930. The summed E-state index contributed by atoms with van der Waals surface area (Å²) in [5, 5.41) is 3.78. The molecule has 1 aliphatic heterocycles. The molecule has 1 aromatic carbocycles. The van der Waals surface area contributed by atoms with Gasteiger partial charge in [-0.15, -0.1) is 0 Å². The fourth-order valence-electron chi connectivity index (χ4n) is 1.86. The van der Waals surface area contributed by atoms with Crippen molar-refractivity contribution in [2.24, 2.45) is 0 Å². The van der Waals surface area contributed by atoms with Crippen LogP contribution in [0, 0.1) is 0 Å². The lowest BCUT2D eigenvalue weighted by molar-refractivity contribution is -0.124. The number of hydrogen-bond donors (Lipinski definition) is 1. The van der Waals surface area contributed by atoms with Crippen molar-refractivity contribution in [3.8, 4) is 5.75 Å². The molecule has 0 radical (unpaired) electrons. The van der Waals surface area contributed by atoms with Gasteiger partial charge in [-0.3, -0.25) is 4.79 Å². The van der Waals surface area contributed by atoms with E-state index >= 15 is 0 Å². The molecule has 6 heteroatoms. The molecule has 1 saturated heterocycles. The molecule has 0 aliphatic carbocycles.